The van der Waals surface area contributed by atoms with Gasteiger partial charge in [-0.25, -0.2) is 0 Å². The third kappa shape index (κ3) is 4.54. The molecule has 3 rings (SSSR count). The molecule has 3 heteroatoms. The van der Waals surface area contributed by atoms with Crippen LogP contribution in [-0.4, -0.2) is 28.7 Å². The Morgan fingerprint density at radius 3 is 2.68 bits per heavy atom. The monoisotopic (exact) mass is 344 g/mol. The van der Waals surface area contributed by atoms with Crippen LogP contribution in [0.2, 0.25) is 0 Å². The number of hydrogen-bond donors (Lipinski definition) is 2. The lowest BCUT2D eigenvalue weighted by molar-refractivity contribution is -0.107. The van der Waals surface area contributed by atoms with Gasteiger partial charge in [-0.3, -0.25) is 0 Å². The minimum atomic E-state index is -0.522. The van der Waals surface area contributed by atoms with Crippen LogP contribution >= 0.6 is 0 Å². The van der Waals surface area contributed by atoms with E-state index in [9.17, 15) is 15.0 Å². The molecule has 2 N–H and O–H groups in total. The molecule has 0 radical (unpaired) electrons. The van der Waals surface area contributed by atoms with Gasteiger partial charge < -0.3 is 15.0 Å². The molecule has 3 nitrogen and oxygen atoms in total. The van der Waals surface area contributed by atoms with E-state index in [0.29, 0.717) is 24.2 Å². The summed E-state index contributed by atoms with van der Waals surface area (Å²) >= 11 is 0. The molecule has 2 unspecified atom stereocenters. The molecule has 0 aliphatic heterocycles. The molecule has 25 heavy (non-hydrogen) atoms. The smallest absolute Gasteiger partial charge is 0.120 e. The molecule has 0 aromatic heterocycles. The molecule has 0 saturated heterocycles. The third-order valence-corrected chi connectivity index (χ3v) is 6.54. The molecule has 5 atom stereocenters. The first-order valence-corrected chi connectivity index (χ1v) is 10.2. The second-order valence-corrected chi connectivity index (χ2v) is 8.15. The van der Waals surface area contributed by atoms with Crippen molar-refractivity contribution in [2.75, 3.05) is 0 Å². The van der Waals surface area contributed by atoms with Crippen molar-refractivity contribution < 1.29 is 15.0 Å². The molecule has 3 saturated carbocycles. The third-order valence-electron chi connectivity index (χ3n) is 6.54. The summed E-state index contributed by atoms with van der Waals surface area (Å²) in [7, 11) is 0. The van der Waals surface area contributed by atoms with Crippen LogP contribution in [-0.2, 0) is 4.79 Å². The molecule has 138 valence electrons. The fraction of sp³-hybridized carbons (Fsp3) is 0.773. The van der Waals surface area contributed by atoms with E-state index in [0.717, 1.165) is 51.2 Å². The average molecular weight is 344 g/mol. The van der Waals surface area contributed by atoms with Gasteiger partial charge in [-0.15, -0.1) is 0 Å². The molecular weight excluding hydrogens is 312 g/mol. The van der Waals surface area contributed by atoms with Crippen molar-refractivity contribution in [1.82, 2.24) is 0 Å². The van der Waals surface area contributed by atoms with Crippen LogP contribution in [0.5, 0.6) is 0 Å². The summed E-state index contributed by atoms with van der Waals surface area (Å²) in [6, 6.07) is 0. The molecule has 3 aliphatic carbocycles. The van der Waals surface area contributed by atoms with Crippen molar-refractivity contribution in [1.29, 1.82) is 0 Å². The number of rotatable bonds is 5. The Kier molecular flexibility index (Phi) is 6.73. The lowest BCUT2D eigenvalue weighted by atomic mass is 9.57. The van der Waals surface area contributed by atoms with E-state index in [2.05, 4.69) is 17.9 Å². The van der Waals surface area contributed by atoms with E-state index < -0.39 is 6.10 Å². The topological polar surface area (TPSA) is 57.5 Å². The highest BCUT2D eigenvalue weighted by Gasteiger charge is 2.46. The highest BCUT2D eigenvalue weighted by Crippen LogP contribution is 2.51. The molecule has 0 aromatic rings. The van der Waals surface area contributed by atoms with Crippen LogP contribution in [0.4, 0.5) is 0 Å². The van der Waals surface area contributed by atoms with Gasteiger partial charge in [0.15, 0.2) is 0 Å². The van der Waals surface area contributed by atoms with Gasteiger partial charge in [0.05, 0.1) is 12.0 Å². The van der Waals surface area contributed by atoms with Gasteiger partial charge >= 0.3 is 0 Å². The first-order chi connectivity index (χ1) is 12.2. The highest BCUT2D eigenvalue weighted by molar-refractivity contribution is 5.49. The standard InChI is InChI=1S/C22H32O3/c23-14-6-2-5-9-17-15-20-18(17)10-13-22(25)19(20)11-12-21(24)16-7-3-1-4-8-16/h9,14,16,18-22,24-25H,1-8,10,13,15H2/b17-9-/t18-,19?,20+,21?,22-/m1/s1. The van der Waals surface area contributed by atoms with Gasteiger partial charge in [-0.1, -0.05) is 42.8 Å². The Hall–Kier alpha value is -1.11. The van der Waals surface area contributed by atoms with Crippen LogP contribution in [0.3, 0.4) is 0 Å². The predicted octanol–water partition coefficient (Wildman–Crippen LogP) is 3.63. The summed E-state index contributed by atoms with van der Waals surface area (Å²) in [5.74, 6) is 7.73. The number of carbonyl (C=O) groups is 1. The van der Waals surface area contributed by atoms with Crippen molar-refractivity contribution >= 4 is 6.29 Å². The molecule has 0 bridgehead atoms. The molecular formula is C22H32O3. The van der Waals surface area contributed by atoms with Crippen LogP contribution in [0.1, 0.15) is 70.6 Å². The van der Waals surface area contributed by atoms with Crippen LogP contribution in [0.15, 0.2) is 11.6 Å². The van der Waals surface area contributed by atoms with Gasteiger partial charge in [0.1, 0.15) is 12.4 Å². The summed E-state index contributed by atoms with van der Waals surface area (Å²) in [5.41, 5.74) is 1.50. The van der Waals surface area contributed by atoms with Crippen LogP contribution < -0.4 is 0 Å². The van der Waals surface area contributed by atoms with Crippen molar-refractivity contribution in [3.8, 4) is 11.8 Å². The number of carbonyl (C=O) groups excluding carboxylic acids is 1. The number of allylic oxidation sites excluding steroid dienone is 2. The SMILES string of the molecule is O=CCCC/C=C1/C[C@@H]2C(C#CC(O)C3CCCCC3)[C@H](O)CC[C@H]12. The number of aliphatic hydroxyl groups is 2. The van der Waals surface area contributed by atoms with Gasteiger partial charge in [0, 0.05) is 6.42 Å². The predicted molar refractivity (Wildman–Crippen MR) is 98.7 cm³/mol. The van der Waals surface area contributed by atoms with Gasteiger partial charge in [0.2, 0.25) is 0 Å². The zero-order valence-corrected chi connectivity index (χ0v) is 15.2. The first-order valence-electron chi connectivity index (χ1n) is 10.2. The van der Waals surface area contributed by atoms with Crippen molar-refractivity contribution in [3.05, 3.63) is 11.6 Å². The van der Waals surface area contributed by atoms with E-state index in [1.165, 1.54) is 24.8 Å². The van der Waals surface area contributed by atoms with Gasteiger partial charge in [-0.2, -0.15) is 0 Å². The van der Waals surface area contributed by atoms with E-state index >= 15 is 0 Å². The maximum absolute atomic E-state index is 10.4. The Morgan fingerprint density at radius 2 is 1.92 bits per heavy atom. The number of aliphatic hydroxyl groups excluding tert-OH is 2. The number of aldehydes is 1. The van der Waals surface area contributed by atoms with E-state index in [1.807, 2.05) is 0 Å². The Bertz CT molecular complexity index is 535. The normalized spacial score (nSPS) is 35.2. The van der Waals surface area contributed by atoms with E-state index in [1.54, 1.807) is 0 Å². The van der Waals surface area contributed by atoms with Gasteiger partial charge in [-0.05, 0) is 62.7 Å². The molecule has 0 spiro atoms. The quantitative estimate of drug-likeness (QED) is 0.346. The summed E-state index contributed by atoms with van der Waals surface area (Å²) in [5, 5.41) is 20.8. The second-order valence-electron chi connectivity index (χ2n) is 8.15. The fourth-order valence-electron chi connectivity index (χ4n) is 4.95. The first kappa shape index (κ1) is 18.7. The lowest BCUT2D eigenvalue weighted by Gasteiger charge is -2.48. The summed E-state index contributed by atoms with van der Waals surface area (Å²) in [6.45, 7) is 0. The Balaban J connectivity index is 1.56. The number of fused-ring (bicyclic) bond motifs is 1. The molecule has 0 heterocycles. The molecule has 0 aromatic carbocycles. The second kappa shape index (κ2) is 9.01. The maximum atomic E-state index is 10.4. The lowest BCUT2D eigenvalue weighted by Crippen LogP contribution is -2.44. The maximum Gasteiger partial charge on any atom is 0.120 e. The van der Waals surface area contributed by atoms with E-state index in [-0.39, 0.29) is 12.0 Å². The number of unbranched alkanes of at least 4 members (excludes halogenated alkanes) is 2. The zero-order valence-electron chi connectivity index (χ0n) is 15.2. The summed E-state index contributed by atoms with van der Waals surface area (Å²) in [6.07, 6.45) is 13.7. The van der Waals surface area contributed by atoms with Crippen molar-refractivity contribution in [2.45, 2.75) is 82.8 Å². The largest absolute Gasteiger partial charge is 0.392 e. The molecule has 0 amide bonds. The van der Waals surface area contributed by atoms with Gasteiger partial charge in [0.25, 0.3) is 0 Å². The molecule has 3 aliphatic rings. The minimum Gasteiger partial charge on any atom is -0.392 e. The van der Waals surface area contributed by atoms with E-state index in [4.69, 9.17) is 0 Å². The summed E-state index contributed by atoms with van der Waals surface area (Å²) in [4.78, 5) is 10.4. The zero-order chi connectivity index (χ0) is 17.6. The fourth-order valence-corrected chi connectivity index (χ4v) is 4.95. The van der Waals surface area contributed by atoms with Crippen molar-refractivity contribution in [3.63, 3.8) is 0 Å². The highest BCUT2D eigenvalue weighted by atomic mass is 16.3. The molecule has 3 fully saturated rings. The average Bonchev–Trinajstić information content (AvgIpc) is 2.62. The van der Waals surface area contributed by atoms with Crippen molar-refractivity contribution in [2.24, 2.45) is 23.7 Å². The Morgan fingerprint density at radius 1 is 1.12 bits per heavy atom. The summed E-state index contributed by atoms with van der Waals surface area (Å²) < 4.78 is 0. The Labute approximate surface area is 151 Å². The van der Waals surface area contributed by atoms with Crippen LogP contribution in [0.25, 0.3) is 0 Å². The minimum absolute atomic E-state index is 0.0177. The van der Waals surface area contributed by atoms with Crippen LogP contribution in [0, 0.1) is 35.5 Å². The number of hydrogen-bond acceptors (Lipinski definition) is 3.